The number of halogens is 1. The number of fused-ring (bicyclic) bond motifs is 2. The lowest BCUT2D eigenvalue weighted by Crippen LogP contribution is -2.47. The van der Waals surface area contributed by atoms with Crippen molar-refractivity contribution in [2.45, 2.75) is 44.6 Å². The van der Waals surface area contributed by atoms with Gasteiger partial charge in [-0.15, -0.1) is 0 Å². The highest BCUT2D eigenvalue weighted by molar-refractivity contribution is 5.93. The number of benzene rings is 2. The number of rotatable bonds is 6. The Balaban J connectivity index is 1.18. The molecule has 1 saturated heterocycles. The van der Waals surface area contributed by atoms with Gasteiger partial charge < -0.3 is 14.9 Å². The number of carboxylic acid groups (broad SMARTS) is 1. The van der Waals surface area contributed by atoms with Crippen molar-refractivity contribution in [2.24, 2.45) is 5.92 Å². The third kappa shape index (κ3) is 4.29. The second-order valence-corrected chi connectivity index (χ2v) is 11.3. The van der Waals surface area contributed by atoms with Crippen LogP contribution < -0.4 is 4.90 Å². The molecule has 2 fully saturated rings. The average Bonchev–Trinajstić information content (AvgIpc) is 3.68. The third-order valence-electron chi connectivity index (χ3n) is 8.54. The molecule has 40 heavy (non-hydrogen) atoms. The molecule has 2 aromatic heterocycles. The van der Waals surface area contributed by atoms with Crippen LogP contribution in [0.2, 0.25) is 0 Å². The molecule has 2 aromatic carbocycles. The van der Waals surface area contributed by atoms with E-state index in [1.807, 2.05) is 34.1 Å². The molecule has 8 nitrogen and oxygen atoms in total. The topological polar surface area (TPSA) is 91.0 Å². The molecule has 4 aromatic rings. The number of nitrogens with zero attached hydrogens (tertiary/aromatic N) is 5. The Morgan fingerprint density at radius 3 is 2.62 bits per heavy atom. The van der Waals surface area contributed by atoms with Crippen LogP contribution >= 0.6 is 0 Å². The number of hydrogen-bond acceptors (Lipinski definition) is 5. The lowest BCUT2D eigenvalue weighted by atomic mass is 9.93. The summed E-state index contributed by atoms with van der Waals surface area (Å²) < 4.78 is 17.1. The van der Waals surface area contributed by atoms with Gasteiger partial charge in [0, 0.05) is 54.5 Å². The largest absolute Gasteiger partial charge is 0.481 e. The van der Waals surface area contributed by atoms with E-state index in [9.17, 15) is 9.59 Å². The highest BCUT2D eigenvalue weighted by Crippen LogP contribution is 2.41. The van der Waals surface area contributed by atoms with Crippen LogP contribution in [0.25, 0.3) is 16.9 Å². The Hall–Kier alpha value is -4.27. The number of amides is 1. The number of aliphatic carboxylic acids is 1. The SMILES string of the molecule is C[C@@H]1c2ccccc2CCN1C(=O)c1cc(C2CC2)n2nc(-c3ccc(N4CC(CC(=O)O)C4)cc3F)cc2n1. The van der Waals surface area contributed by atoms with Gasteiger partial charge in [-0.05, 0) is 61.6 Å². The maximum absolute atomic E-state index is 15.3. The van der Waals surface area contributed by atoms with Gasteiger partial charge in [-0.1, -0.05) is 24.3 Å². The van der Waals surface area contributed by atoms with Crippen molar-refractivity contribution >= 4 is 23.2 Å². The van der Waals surface area contributed by atoms with E-state index in [0.717, 1.165) is 30.6 Å². The molecule has 7 rings (SSSR count). The number of anilines is 1. The van der Waals surface area contributed by atoms with E-state index in [2.05, 4.69) is 19.1 Å². The minimum atomic E-state index is -0.808. The van der Waals surface area contributed by atoms with E-state index in [0.29, 0.717) is 48.2 Å². The van der Waals surface area contributed by atoms with Crippen LogP contribution in [0, 0.1) is 11.7 Å². The van der Waals surface area contributed by atoms with Crippen LogP contribution in [0.3, 0.4) is 0 Å². The molecule has 4 heterocycles. The predicted molar refractivity (Wildman–Crippen MR) is 148 cm³/mol. The molecular weight excluding hydrogens is 509 g/mol. The van der Waals surface area contributed by atoms with Gasteiger partial charge in [-0.3, -0.25) is 9.59 Å². The fourth-order valence-corrected chi connectivity index (χ4v) is 6.17. The van der Waals surface area contributed by atoms with E-state index >= 15 is 4.39 Å². The van der Waals surface area contributed by atoms with Gasteiger partial charge in [0.25, 0.3) is 5.91 Å². The van der Waals surface area contributed by atoms with Crippen molar-refractivity contribution in [3.63, 3.8) is 0 Å². The monoisotopic (exact) mass is 539 g/mol. The van der Waals surface area contributed by atoms with Crippen molar-refractivity contribution in [3.8, 4) is 11.3 Å². The zero-order chi connectivity index (χ0) is 27.5. The van der Waals surface area contributed by atoms with Gasteiger partial charge in [0.2, 0.25) is 0 Å². The van der Waals surface area contributed by atoms with Crippen molar-refractivity contribution in [1.82, 2.24) is 19.5 Å². The zero-order valence-electron chi connectivity index (χ0n) is 22.3. The number of carbonyl (C=O) groups excluding carboxylic acids is 1. The molecule has 1 aliphatic carbocycles. The molecule has 1 amide bonds. The summed E-state index contributed by atoms with van der Waals surface area (Å²) in [5.74, 6) is -0.905. The van der Waals surface area contributed by atoms with Crippen molar-refractivity contribution in [1.29, 1.82) is 0 Å². The Morgan fingerprint density at radius 1 is 1.07 bits per heavy atom. The van der Waals surface area contributed by atoms with E-state index in [1.54, 1.807) is 16.6 Å². The van der Waals surface area contributed by atoms with Gasteiger partial charge in [0.05, 0.1) is 18.2 Å². The van der Waals surface area contributed by atoms with Gasteiger partial charge in [-0.2, -0.15) is 5.10 Å². The van der Waals surface area contributed by atoms with Crippen LogP contribution in [0.1, 0.15) is 65.5 Å². The quantitative estimate of drug-likeness (QED) is 0.367. The summed E-state index contributed by atoms with van der Waals surface area (Å²) in [5.41, 5.74) is 5.89. The first-order valence-electron chi connectivity index (χ1n) is 13.9. The normalized spacial score (nSPS) is 19.0. The van der Waals surface area contributed by atoms with E-state index in [1.165, 1.54) is 17.2 Å². The lowest BCUT2D eigenvalue weighted by molar-refractivity contribution is -0.138. The average molecular weight is 540 g/mol. The van der Waals surface area contributed by atoms with Crippen LogP contribution in [0.15, 0.2) is 54.6 Å². The van der Waals surface area contributed by atoms with Crippen LogP contribution in [0.5, 0.6) is 0 Å². The number of aromatic nitrogens is 3. The molecule has 0 unspecified atom stereocenters. The summed E-state index contributed by atoms with van der Waals surface area (Å²) in [6.07, 6.45) is 2.99. The molecule has 1 N–H and O–H groups in total. The number of carboxylic acids is 1. The Morgan fingerprint density at radius 2 is 1.88 bits per heavy atom. The molecule has 0 bridgehead atoms. The van der Waals surface area contributed by atoms with Gasteiger partial charge in [0.1, 0.15) is 11.5 Å². The molecular formula is C31H30FN5O3. The van der Waals surface area contributed by atoms with Gasteiger partial charge in [-0.25, -0.2) is 13.9 Å². The first-order valence-corrected chi connectivity index (χ1v) is 13.9. The van der Waals surface area contributed by atoms with E-state index in [-0.39, 0.29) is 24.3 Å². The fourth-order valence-electron chi connectivity index (χ4n) is 6.17. The molecule has 3 aliphatic rings. The van der Waals surface area contributed by atoms with Crippen LogP contribution in [-0.4, -0.2) is 56.1 Å². The van der Waals surface area contributed by atoms with E-state index < -0.39 is 11.8 Å². The first-order chi connectivity index (χ1) is 19.4. The van der Waals surface area contributed by atoms with Crippen molar-refractivity contribution in [2.75, 3.05) is 24.5 Å². The lowest BCUT2D eigenvalue weighted by Gasteiger charge is -2.40. The van der Waals surface area contributed by atoms with Crippen LogP contribution in [0.4, 0.5) is 10.1 Å². The summed E-state index contributed by atoms with van der Waals surface area (Å²) in [7, 11) is 0. The molecule has 0 spiro atoms. The highest BCUT2D eigenvalue weighted by Gasteiger charge is 2.33. The fraction of sp³-hybridized carbons (Fsp3) is 0.355. The second-order valence-electron chi connectivity index (χ2n) is 11.3. The molecule has 2 aliphatic heterocycles. The van der Waals surface area contributed by atoms with Crippen LogP contribution in [-0.2, 0) is 11.2 Å². The van der Waals surface area contributed by atoms with Crippen molar-refractivity contribution in [3.05, 3.63) is 82.9 Å². The molecule has 1 atom stereocenters. The van der Waals surface area contributed by atoms with E-state index in [4.69, 9.17) is 15.2 Å². The number of hydrogen-bond donors (Lipinski definition) is 1. The Labute approximate surface area is 231 Å². The summed E-state index contributed by atoms with van der Waals surface area (Å²) in [5, 5.41) is 13.7. The third-order valence-corrected chi connectivity index (χ3v) is 8.54. The number of carbonyl (C=O) groups is 2. The zero-order valence-corrected chi connectivity index (χ0v) is 22.3. The molecule has 1 saturated carbocycles. The predicted octanol–water partition coefficient (Wildman–Crippen LogP) is 5.08. The standard InChI is InChI=1S/C31H30FN5O3/c1-18-23-5-3-2-4-20(23)10-11-36(18)31(40)27-14-28(21-6-7-21)37-29(33-27)15-26(34-37)24-9-8-22(13-25(24)32)35-16-19(17-35)12-30(38)39/h2-5,8-9,13-15,18-19,21H,6-7,10-12,16-17H2,1H3,(H,38,39)/t18-/m1/s1. The minimum absolute atomic E-state index is 0.0428. The van der Waals surface area contributed by atoms with Crippen molar-refractivity contribution < 1.29 is 19.1 Å². The highest BCUT2D eigenvalue weighted by atomic mass is 19.1. The molecule has 9 heteroatoms. The van der Waals surface area contributed by atoms with Gasteiger partial charge in [0.15, 0.2) is 5.65 Å². The Bertz CT molecular complexity index is 1660. The second kappa shape index (κ2) is 9.43. The summed E-state index contributed by atoms with van der Waals surface area (Å²) >= 11 is 0. The summed E-state index contributed by atoms with van der Waals surface area (Å²) in [6, 6.07) is 16.9. The molecule has 204 valence electrons. The molecule has 0 radical (unpaired) electrons. The van der Waals surface area contributed by atoms with Gasteiger partial charge >= 0.3 is 5.97 Å². The summed E-state index contributed by atoms with van der Waals surface area (Å²) in [4.78, 5) is 33.3. The maximum Gasteiger partial charge on any atom is 0.303 e. The first kappa shape index (κ1) is 24.7. The maximum atomic E-state index is 15.3. The smallest absolute Gasteiger partial charge is 0.303 e. The Kier molecular flexibility index (Phi) is 5.83. The minimum Gasteiger partial charge on any atom is -0.481 e. The summed E-state index contributed by atoms with van der Waals surface area (Å²) in [6.45, 7) is 3.91.